The van der Waals surface area contributed by atoms with E-state index in [0.717, 1.165) is 5.69 Å². The van der Waals surface area contributed by atoms with Crippen LogP contribution < -0.4 is 0 Å². The molecule has 94 valence electrons. The number of rotatable bonds is 3. The Bertz CT molecular complexity index is 693. The highest BCUT2D eigenvalue weighted by Gasteiger charge is 2.26. The maximum Gasteiger partial charge on any atom is 0.335 e. The molecule has 1 N–H and O–H groups in total. The Hall–Kier alpha value is -2.61. The van der Waals surface area contributed by atoms with Crippen molar-refractivity contribution in [1.29, 1.82) is 5.26 Å². The van der Waals surface area contributed by atoms with E-state index in [1.807, 2.05) is 18.3 Å². The first kappa shape index (κ1) is 11.5. The minimum absolute atomic E-state index is 0.106. The average molecular weight is 253 g/mol. The molecule has 1 heterocycles. The number of carbonyl (C=O) groups is 1. The highest BCUT2D eigenvalue weighted by atomic mass is 16.4. The maximum absolute atomic E-state index is 10.9. The van der Waals surface area contributed by atoms with E-state index >= 15 is 0 Å². The van der Waals surface area contributed by atoms with Crippen molar-refractivity contribution in [3.8, 4) is 11.8 Å². The Morgan fingerprint density at radius 1 is 1.42 bits per heavy atom. The van der Waals surface area contributed by atoms with Crippen LogP contribution in [0.4, 0.5) is 0 Å². The van der Waals surface area contributed by atoms with Gasteiger partial charge in [0.2, 0.25) is 0 Å². The number of hydrogen-bond acceptors (Lipinski definition) is 3. The summed E-state index contributed by atoms with van der Waals surface area (Å²) in [6.07, 6.45) is 4.14. The molecule has 0 saturated heterocycles. The molecule has 3 rings (SSSR count). The van der Waals surface area contributed by atoms with E-state index in [0.29, 0.717) is 17.2 Å². The lowest BCUT2D eigenvalue weighted by Gasteiger charge is -2.05. The van der Waals surface area contributed by atoms with Crippen molar-refractivity contribution in [2.75, 3.05) is 0 Å². The highest BCUT2D eigenvalue weighted by molar-refractivity contribution is 5.88. The number of carboxylic acids is 1. The van der Waals surface area contributed by atoms with Gasteiger partial charge in [-0.05, 0) is 37.1 Å². The smallest absolute Gasteiger partial charge is 0.335 e. The van der Waals surface area contributed by atoms with Crippen molar-refractivity contribution in [3.05, 3.63) is 47.3 Å². The van der Waals surface area contributed by atoms with Crippen molar-refractivity contribution >= 4 is 5.97 Å². The lowest BCUT2D eigenvalue weighted by atomic mass is 10.1. The SMILES string of the molecule is N#Cc1cc(C(=O)O)ccc1-n1ccc(C2CC2)n1. The van der Waals surface area contributed by atoms with Crippen molar-refractivity contribution in [3.63, 3.8) is 0 Å². The fraction of sp³-hybridized carbons (Fsp3) is 0.214. The molecule has 1 aromatic carbocycles. The normalized spacial score (nSPS) is 14.1. The molecule has 1 aliphatic rings. The summed E-state index contributed by atoms with van der Waals surface area (Å²) in [5.74, 6) is -0.493. The lowest BCUT2D eigenvalue weighted by Crippen LogP contribution is -2.02. The van der Waals surface area contributed by atoms with E-state index in [2.05, 4.69) is 5.10 Å². The van der Waals surface area contributed by atoms with Gasteiger partial charge in [0.1, 0.15) is 6.07 Å². The third-order valence-corrected chi connectivity index (χ3v) is 3.22. The number of carboxylic acid groups (broad SMARTS) is 1. The second-order valence-electron chi connectivity index (χ2n) is 4.61. The largest absolute Gasteiger partial charge is 0.478 e. The van der Waals surface area contributed by atoms with E-state index < -0.39 is 5.97 Å². The van der Waals surface area contributed by atoms with Gasteiger partial charge in [-0.2, -0.15) is 10.4 Å². The Balaban J connectivity index is 2.03. The number of nitriles is 1. The van der Waals surface area contributed by atoms with Crippen LogP contribution in [0.1, 0.15) is 40.4 Å². The molecule has 1 fully saturated rings. The Labute approximate surface area is 109 Å². The molecule has 5 nitrogen and oxygen atoms in total. The molecule has 1 aromatic heterocycles. The first-order valence-electron chi connectivity index (χ1n) is 6.02. The molecule has 0 aliphatic heterocycles. The summed E-state index contributed by atoms with van der Waals surface area (Å²) in [6, 6.07) is 8.44. The summed E-state index contributed by atoms with van der Waals surface area (Å²) in [5, 5.41) is 22.5. The predicted octanol–water partition coefficient (Wildman–Crippen LogP) is 2.32. The van der Waals surface area contributed by atoms with Crippen molar-refractivity contribution in [1.82, 2.24) is 9.78 Å². The van der Waals surface area contributed by atoms with Crippen molar-refractivity contribution < 1.29 is 9.90 Å². The number of hydrogen-bond donors (Lipinski definition) is 1. The van der Waals surface area contributed by atoms with Gasteiger partial charge in [0.15, 0.2) is 0 Å². The fourth-order valence-electron chi connectivity index (χ4n) is 2.03. The zero-order valence-corrected chi connectivity index (χ0v) is 10.1. The van der Waals surface area contributed by atoms with E-state index in [1.165, 1.54) is 25.0 Å². The summed E-state index contributed by atoms with van der Waals surface area (Å²) < 4.78 is 1.64. The predicted molar refractivity (Wildman–Crippen MR) is 67.2 cm³/mol. The zero-order valence-electron chi connectivity index (χ0n) is 10.1. The molecule has 2 aromatic rings. The molecule has 0 atom stereocenters. The van der Waals surface area contributed by atoms with Crippen LogP contribution in [0.25, 0.3) is 5.69 Å². The molecule has 5 heteroatoms. The van der Waals surface area contributed by atoms with Crippen LogP contribution in [0.15, 0.2) is 30.5 Å². The maximum atomic E-state index is 10.9. The fourth-order valence-corrected chi connectivity index (χ4v) is 2.03. The van der Waals surface area contributed by atoms with Gasteiger partial charge in [-0.3, -0.25) is 0 Å². The van der Waals surface area contributed by atoms with Crippen LogP contribution in [0.3, 0.4) is 0 Å². The van der Waals surface area contributed by atoms with Crippen LogP contribution in [-0.4, -0.2) is 20.9 Å². The van der Waals surface area contributed by atoms with E-state index in [1.54, 1.807) is 10.7 Å². The van der Waals surface area contributed by atoms with Crippen LogP contribution in [0.2, 0.25) is 0 Å². The number of aromatic nitrogens is 2. The standard InChI is InChI=1S/C14H11N3O2/c15-8-11-7-10(14(18)19)3-4-13(11)17-6-5-12(16-17)9-1-2-9/h3-7,9H,1-2H2,(H,18,19). The first-order valence-corrected chi connectivity index (χ1v) is 6.02. The monoisotopic (exact) mass is 253 g/mol. The molecule has 19 heavy (non-hydrogen) atoms. The van der Waals surface area contributed by atoms with Gasteiger partial charge in [-0.25, -0.2) is 9.48 Å². The van der Waals surface area contributed by atoms with Crippen molar-refractivity contribution in [2.24, 2.45) is 0 Å². The van der Waals surface area contributed by atoms with Gasteiger partial charge < -0.3 is 5.11 Å². The molecular formula is C14H11N3O2. The minimum Gasteiger partial charge on any atom is -0.478 e. The van der Waals surface area contributed by atoms with Gasteiger partial charge in [0, 0.05) is 12.1 Å². The third-order valence-electron chi connectivity index (χ3n) is 3.22. The van der Waals surface area contributed by atoms with Gasteiger partial charge in [0.05, 0.1) is 22.5 Å². The van der Waals surface area contributed by atoms with Crippen LogP contribution in [0.5, 0.6) is 0 Å². The van der Waals surface area contributed by atoms with Crippen LogP contribution in [0, 0.1) is 11.3 Å². The Morgan fingerprint density at radius 2 is 2.21 bits per heavy atom. The van der Waals surface area contributed by atoms with Gasteiger partial charge in [0.25, 0.3) is 0 Å². The average Bonchev–Trinajstić information content (AvgIpc) is 3.16. The molecule has 0 spiro atoms. The molecule has 1 aliphatic carbocycles. The van der Waals surface area contributed by atoms with Gasteiger partial charge >= 0.3 is 5.97 Å². The lowest BCUT2D eigenvalue weighted by molar-refractivity contribution is 0.0697. The molecule has 1 saturated carbocycles. The van der Waals surface area contributed by atoms with Gasteiger partial charge in [-0.1, -0.05) is 0 Å². The van der Waals surface area contributed by atoms with Crippen LogP contribution in [-0.2, 0) is 0 Å². The third kappa shape index (κ3) is 2.08. The number of nitrogens with zero attached hydrogens (tertiary/aromatic N) is 3. The summed E-state index contributed by atoms with van der Waals surface area (Å²) in [7, 11) is 0. The second kappa shape index (κ2) is 4.25. The van der Waals surface area contributed by atoms with Gasteiger partial charge in [-0.15, -0.1) is 0 Å². The van der Waals surface area contributed by atoms with E-state index in [4.69, 9.17) is 10.4 Å². The second-order valence-corrected chi connectivity index (χ2v) is 4.61. The quantitative estimate of drug-likeness (QED) is 0.910. The topological polar surface area (TPSA) is 78.9 Å². The van der Waals surface area contributed by atoms with E-state index in [-0.39, 0.29) is 5.56 Å². The summed E-state index contributed by atoms with van der Waals surface area (Å²) in [4.78, 5) is 10.9. The summed E-state index contributed by atoms with van der Waals surface area (Å²) >= 11 is 0. The first-order chi connectivity index (χ1) is 9.19. The molecular weight excluding hydrogens is 242 g/mol. The zero-order chi connectivity index (χ0) is 13.4. The summed E-state index contributed by atoms with van der Waals surface area (Å²) in [6.45, 7) is 0. The Kier molecular flexibility index (Phi) is 2.57. The molecule has 0 unspecified atom stereocenters. The highest BCUT2D eigenvalue weighted by Crippen LogP contribution is 2.39. The van der Waals surface area contributed by atoms with E-state index in [9.17, 15) is 4.79 Å². The van der Waals surface area contributed by atoms with Crippen LogP contribution >= 0.6 is 0 Å². The molecule has 0 amide bonds. The number of aromatic carboxylic acids is 1. The summed E-state index contributed by atoms with van der Waals surface area (Å²) in [5.41, 5.74) is 2.06. The van der Waals surface area contributed by atoms with Crippen molar-refractivity contribution in [2.45, 2.75) is 18.8 Å². The Morgan fingerprint density at radius 3 is 2.84 bits per heavy atom. The molecule has 0 radical (unpaired) electrons. The minimum atomic E-state index is -1.04. The number of benzene rings is 1. The molecule has 0 bridgehead atoms.